The lowest BCUT2D eigenvalue weighted by Gasteiger charge is -2.00. The van der Waals surface area contributed by atoms with Gasteiger partial charge in [0.1, 0.15) is 0 Å². The van der Waals surface area contributed by atoms with Crippen molar-refractivity contribution in [3.8, 4) is 11.5 Å². The summed E-state index contributed by atoms with van der Waals surface area (Å²) in [4.78, 5) is 4.32. The monoisotopic (exact) mass is 284 g/mol. The highest BCUT2D eigenvalue weighted by Gasteiger charge is 2.16. The third-order valence-corrected chi connectivity index (χ3v) is 3.51. The summed E-state index contributed by atoms with van der Waals surface area (Å²) in [7, 11) is 0. The summed E-state index contributed by atoms with van der Waals surface area (Å²) in [5, 5.41) is 4.44. The Morgan fingerprint density at radius 2 is 2.17 bits per heavy atom. The fourth-order valence-corrected chi connectivity index (χ4v) is 2.06. The molecule has 0 bridgehead atoms. The van der Waals surface area contributed by atoms with Crippen LogP contribution in [0.1, 0.15) is 36.5 Å². The van der Waals surface area contributed by atoms with Gasteiger partial charge in [-0.05, 0) is 37.1 Å². The second-order valence-electron chi connectivity index (χ2n) is 4.18. The van der Waals surface area contributed by atoms with Gasteiger partial charge in [-0.15, -0.1) is 11.6 Å². The third kappa shape index (κ3) is 2.85. The van der Waals surface area contributed by atoms with Crippen molar-refractivity contribution in [2.45, 2.75) is 32.1 Å². The number of rotatable bonds is 4. The normalized spacial score (nSPS) is 12.7. The van der Waals surface area contributed by atoms with Crippen LogP contribution in [0.4, 0.5) is 0 Å². The lowest BCUT2D eigenvalue weighted by Crippen LogP contribution is -1.92. The number of nitrogens with zero attached hydrogens (tertiary/aromatic N) is 2. The highest BCUT2D eigenvalue weighted by atomic mass is 35.5. The molecule has 0 radical (unpaired) electrons. The molecule has 0 aliphatic carbocycles. The first kappa shape index (κ1) is 13.4. The Morgan fingerprint density at radius 1 is 1.39 bits per heavy atom. The molecule has 0 saturated carbocycles. The van der Waals surface area contributed by atoms with Crippen LogP contribution in [0.25, 0.3) is 11.5 Å². The minimum Gasteiger partial charge on any atom is -0.334 e. The Bertz CT molecular complexity index is 540. The van der Waals surface area contributed by atoms with Crippen molar-refractivity contribution in [1.29, 1.82) is 0 Å². The molecule has 1 aromatic carbocycles. The number of aryl methyl sites for hydroxylation is 1. The van der Waals surface area contributed by atoms with E-state index >= 15 is 0 Å². The lowest BCUT2D eigenvalue weighted by atomic mass is 10.1. The molecule has 0 amide bonds. The summed E-state index contributed by atoms with van der Waals surface area (Å²) in [5.41, 5.74) is 1.83. The number of benzene rings is 1. The third-order valence-electron chi connectivity index (χ3n) is 2.67. The molecule has 0 aliphatic rings. The van der Waals surface area contributed by atoms with Crippen molar-refractivity contribution in [3.63, 3.8) is 0 Å². The van der Waals surface area contributed by atoms with Crippen LogP contribution >= 0.6 is 23.2 Å². The molecule has 0 saturated heterocycles. The van der Waals surface area contributed by atoms with Crippen LogP contribution in [0, 0.1) is 6.92 Å². The van der Waals surface area contributed by atoms with Crippen molar-refractivity contribution in [2.75, 3.05) is 0 Å². The largest absolute Gasteiger partial charge is 0.334 e. The average molecular weight is 285 g/mol. The Balaban J connectivity index is 2.26. The molecule has 18 heavy (non-hydrogen) atoms. The van der Waals surface area contributed by atoms with Crippen LogP contribution in [0.3, 0.4) is 0 Å². The van der Waals surface area contributed by atoms with Crippen molar-refractivity contribution in [3.05, 3.63) is 34.6 Å². The molecule has 1 unspecified atom stereocenters. The number of halogens is 2. The van der Waals surface area contributed by atoms with Crippen molar-refractivity contribution < 1.29 is 4.52 Å². The van der Waals surface area contributed by atoms with Gasteiger partial charge >= 0.3 is 0 Å². The number of aromatic nitrogens is 2. The Labute approximate surface area is 116 Å². The Kier molecular flexibility index (Phi) is 4.25. The van der Waals surface area contributed by atoms with E-state index in [0.717, 1.165) is 29.0 Å². The minimum atomic E-state index is -0.194. The van der Waals surface area contributed by atoms with Gasteiger partial charge in [0.25, 0.3) is 5.89 Å². The summed E-state index contributed by atoms with van der Waals surface area (Å²) in [6, 6.07) is 5.60. The van der Waals surface area contributed by atoms with Crippen molar-refractivity contribution >= 4 is 23.2 Å². The van der Waals surface area contributed by atoms with Gasteiger partial charge in [0.15, 0.2) is 5.82 Å². The van der Waals surface area contributed by atoms with E-state index < -0.39 is 0 Å². The molecule has 0 N–H and O–H groups in total. The first-order valence-corrected chi connectivity index (χ1v) is 6.67. The summed E-state index contributed by atoms with van der Waals surface area (Å²) < 4.78 is 5.22. The molecular formula is C13H14Cl2N2O. The maximum absolute atomic E-state index is 6.16. The molecule has 1 aromatic heterocycles. The fourth-order valence-electron chi connectivity index (χ4n) is 1.64. The topological polar surface area (TPSA) is 38.9 Å². The maximum atomic E-state index is 6.16. The number of alkyl halides is 1. The molecule has 1 atom stereocenters. The molecule has 0 fully saturated rings. The van der Waals surface area contributed by atoms with Crippen LogP contribution in [-0.4, -0.2) is 10.1 Å². The molecule has 2 aromatic rings. The smallest absolute Gasteiger partial charge is 0.257 e. The predicted octanol–water partition coefficient (Wildman–Crippen LogP) is 4.78. The van der Waals surface area contributed by atoms with Crippen LogP contribution in [0.5, 0.6) is 0 Å². The molecule has 1 heterocycles. The number of hydrogen-bond donors (Lipinski definition) is 0. The van der Waals surface area contributed by atoms with E-state index in [2.05, 4.69) is 17.1 Å². The summed E-state index contributed by atoms with van der Waals surface area (Å²) in [5.74, 6) is 1.02. The summed E-state index contributed by atoms with van der Waals surface area (Å²) >= 11 is 12.1. The molecule has 0 aliphatic heterocycles. The fraction of sp³-hybridized carbons (Fsp3) is 0.385. The van der Waals surface area contributed by atoms with Gasteiger partial charge in [-0.2, -0.15) is 4.98 Å². The highest BCUT2D eigenvalue weighted by Crippen LogP contribution is 2.27. The quantitative estimate of drug-likeness (QED) is 0.759. The van der Waals surface area contributed by atoms with Gasteiger partial charge in [0.2, 0.25) is 0 Å². The first-order valence-electron chi connectivity index (χ1n) is 5.86. The van der Waals surface area contributed by atoms with Gasteiger partial charge in [-0.1, -0.05) is 30.1 Å². The second-order valence-corrected chi connectivity index (χ2v) is 5.11. The van der Waals surface area contributed by atoms with Gasteiger partial charge in [-0.25, -0.2) is 0 Å². The molecule has 3 nitrogen and oxygen atoms in total. The van der Waals surface area contributed by atoms with Gasteiger partial charge in [-0.3, -0.25) is 0 Å². The standard InChI is InChI=1S/C13H14Cl2N2O/c1-3-4-11(15)12-16-13(18-17-12)9-5-6-10(14)8(2)7-9/h5-7,11H,3-4H2,1-2H3. The Hall–Kier alpha value is -1.06. The van der Waals surface area contributed by atoms with Gasteiger partial charge in [0.05, 0.1) is 5.38 Å². The molecular weight excluding hydrogens is 271 g/mol. The minimum absolute atomic E-state index is 0.194. The second kappa shape index (κ2) is 5.72. The Morgan fingerprint density at radius 3 is 2.83 bits per heavy atom. The first-order chi connectivity index (χ1) is 8.61. The predicted molar refractivity (Wildman–Crippen MR) is 73.0 cm³/mol. The SMILES string of the molecule is CCCC(Cl)c1noc(-c2ccc(Cl)c(C)c2)n1. The molecule has 5 heteroatoms. The van der Waals surface area contributed by atoms with Crippen molar-refractivity contribution in [2.24, 2.45) is 0 Å². The van der Waals surface area contributed by atoms with Crippen LogP contribution in [0.15, 0.2) is 22.7 Å². The molecule has 2 rings (SSSR count). The van der Waals surface area contributed by atoms with E-state index in [1.54, 1.807) is 0 Å². The maximum Gasteiger partial charge on any atom is 0.257 e. The van der Waals surface area contributed by atoms with Crippen LogP contribution in [-0.2, 0) is 0 Å². The van der Waals surface area contributed by atoms with E-state index in [9.17, 15) is 0 Å². The molecule has 0 spiro atoms. The van der Waals surface area contributed by atoms with Crippen LogP contribution in [0.2, 0.25) is 5.02 Å². The summed E-state index contributed by atoms with van der Waals surface area (Å²) in [6.07, 6.45) is 1.82. The average Bonchev–Trinajstić information content (AvgIpc) is 2.82. The zero-order valence-corrected chi connectivity index (χ0v) is 11.8. The van der Waals surface area contributed by atoms with Gasteiger partial charge < -0.3 is 4.52 Å². The number of hydrogen-bond acceptors (Lipinski definition) is 3. The van der Waals surface area contributed by atoms with Gasteiger partial charge in [0, 0.05) is 10.6 Å². The zero-order valence-electron chi connectivity index (χ0n) is 10.3. The highest BCUT2D eigenvalue weighted by molar-refractivity contribution is 6.31. The molecule has 96 valence electrons. The van der Waals surface area contributed by atoms with E-state index in [1.165, 1.54) is 0 Å². The lowest BCUT2D eigenvalue weighted by molar-refractivity contribution is 0.420. The van der Waals surface area contributed by atoms with E-state index in [1.807, 2.05) is 25.1 Å². The van der Waals surface area contributed by atoms with E-state index in [4.69, 9.17) is 27.7 Å². The van der Waals surface area contributed by atoms with Crippen LogP contribution < -0.4 is 0 Å². The van der Waals surface area contributed by atoms with Crippen molar-refractivity contribution in [1.82, 2.24) is 10.1 Å². The van der Waals surface area contributed by atoms with E-state index in [-0.39, 0.29) is 5.38 Å². The van der Waals surface area contributed by atoms with E-state index in [0.29, 0.717) is 11.7 Å². The summed E-state index contributed by atoms with van der Waals surface area (Å²) in [6.45, 7) is 4.00. The zero-order chi connectivity index (χ0) is 13.1.